The Morgan fingerprint density at radius 3 is 2.44 bits per heavy atom. The van der Waals surface area contributed by atoms with Crippen molar-refractivity contribution in [1.29, 1.82) is 0 Å². The van der Waals surface area contributed by atoms with Crippen molar-refractivity contribution in [3.63, 3.8) is 0 Å². The lowest BCUT2D eigenvalue weighted by atomic mass is 9.62. The highest BCUT2D eigenvalue weighted by Gasteiger charge is 2.59. The minimum Gasteiger partial charge on any atom is -0.497 e. The van der Waals surface area contributed by atoms with Crippen molar-refractivity contribution < 1.29 is 14.9 Å². The van der Waals surface area contributed by atoms with Crippen LogP contribution in [0.15, 0.2) is 24.3 Å². The van der Waals surface area contributed by atoms with Gasteiger partial charge >= 0.3 is 0 Å². The molecule has 4 rings (SSSR count). The normalized spacial score (nSPS) is 34.7. The molecule has 3 atom stereocenters. The van der Waals surface area contributed by atoms with E-state index in [0.717, 1.165) is 69.7 Å². The van der Waals surface area contributed by atoms with Gasteiger partial charge in [0.2, 0.25) is 0 Å². The van der Waals surface area contributed by atoms with Gasteiger partial charge in [-0.05, 0) is 68.6 Å². The molecule has 3 fully saturated rings. The summed E-state index contributed by atoms with van der Waals surface area (Å²) in [5, 5.41) is 23.0. The number of ether oxygens (including phenoxy) is 1. The van der Waals surface area contributed by atoms with Crippen molar-refractivity contribution in [3.05, 3.63) is 29.8 Å². The van der Waals surface area contributed by atoms with E-state index >= 15 is 0 Å². The first-order valence-electron chi connectivity index (χ1n) is 10.9. The Kier molecular flexibility index (Phi) is 5.50. The van der Waals surface area contributed by atoms with Gasteiger partial charge in [0.25, 0.3) is 0 Å². The van der Waals surface area contributed by atoms with Crippen LogP contribution in [0.4, 0.5) is 0 Å². The molecule has 27 heavy (non-hydrogen) atoms. The summed E-state index contributed by atoms with van der Waals surface area (Å²) < 4.78 is 5.26. The minimum absolute atomic E-state index is 0.0549. The highest BCUT2D eigenvalue weighted by Crippen LogP contribution is 2.48. The predicted octanol–water partition coefficient (Wildman–Crippen LogP) is 3.54. The summed E-state index contributed by atoms with van der Waals surface area (Å²) in [5.74, 6) is 1.66. The Labute approximate surface area is 163 Å². The van der Waals surface area contributed by atoms with Crippen LogP contribution in [0, 0.1) is 5.92 Å². The topological polar surface area (TPSA) is 52.9 Å². The molecule has 2 N–H and O–H groups in total. The highest BCUT2D eigenvalue weighted by molar-refractivity contribution is 5.27. The minimum atomic E-state index is -0.959. The monoisotopic (exact) mass is 373 g/mol. The zero-order chi connectivity index (χ0) is 18.9. The Balaban J connectivity index is 1.52. The van der Waals surface area contributed by atoms with E-state index in [-0.39, 0.29) is 6.04 Å². The quantitative estimate of drug-likeness (QED) is 0.801. The molecule has 0 bridgehead atoms. The van der Waals surface area contributed by atoms with Gasteiger partial charge in [0.15, 0.2) is 0 Å². The Hall–Kier alpha value is -1.10. The molecule has 2 aliphatic carbocycles. The first kappa shape index (κ1) is 19.2. The SMILES string of the molecule is COc1ccc(CC[C@@H]2N(CC3CCC3)CC[C@@]3(O)CCCC[C@]23O)cc1. The van der Waals surface area contributed by atoms with Gasteiger partial charge in [0.05, 0.1) is 12.7 Å². The molecule has 2 saturated carbocycles. The van der Waals surface area contributed by atoms with Gasteiger partial charge in [-0.1, -0.05) is 31.4 Å². The molecule has 1 aromatic rings. The molecule has 0 radical (unpaired) electrons. The van der Waals surface area contributed by atoms with Crippen LogP contribution >= 0.6 is 0 Å². The molecular formula is C23H35NO3. The molecule has 150 valence electrons. The standard InChI is InChI=1S/C23H35NO3/c1-27-20-10-7-18(8-11-20)9-12-21-23(26)14-3-2-13-22(23,25)15-16-24(21)17-19-5-4-6-19/h7-8,10-11,19,21,25-26H,2-6,9,12-17H2,1H3/t21-,22-,23-/m0/s1. The first-order valence-corrected chi connectivity index (χ1v) is 10.9. The number of aryl methyl sites for hydroxylation is 1. The zero-order valence-corrected chi connectivity index (χ0v) is 16.7. The van der Waals surface area contributed by atoms with Crippen LogP contribution in [0.2, 0.25) is 0 Å². The molecule has 1 aliphatic heterocycles. The Morgan fingerprint density at radius 2 is 1.78 bits per heavy atom. The fraction of sp³-hybridized carbons (Fsp3) is 0.739. The zero-order valence-electron chi connectivity index (χ0n) is 16.7. The summed E-state index contributed by atoms with van der Waals surface area (Å²) in [5.41, 5.74) is -0.584. The number of piperidine rings is 1. The molecule has 1 aromatic carbocycles. The number of methoxy groups -OCH3 is 1. The van der Waals surface area contributed by atoms with Crippen molar-refractivity contribution in [2.45, 2.75) is 81.5 Å². The van der Waals surface area contributed by atoms with E-state index in [2.05, 4.69) is 17.0 Å². The highest BCUT2D eigenvalue weighted by atomic mass is 16.5. The largest absolute Gasteiger partial charge is 0.497 e. The number of nitrogens with zero attached hydrogens (tertiary/aromatic N) is 1. The fourth-order valence-electron chi connectivity index (χ4n) is 5.61. The third-order valence-electron chi connectivity index (χ3n) is 7.59. The van der Waals surface area contributed by atoms with E-state index in [1.807, 2.05) is 12.1 Å². The van der Waals surface area contributed by atoms with Crippen molar-refractivity contribution in [1.82, 2.24) is 4.90 Å². The van der Waals surface area contributed by atoms with E-state index in [4.69, 9.17) is 4.74 Å². The lowest BCUT2D eigenvalue weighted by molar-refractivity contribution is -0.237. The van der Waals surface area contributed by atoms with Crippen LogP contribution in [0.5, 0.6) is 5.75 Å². The number of aliphatic hydroxyl groups is 2. The molecule has 0 unspecified atom stereocenters. The van der Waals surface area contributed by atoms with Crippen molar-refractivity contribution in [2.75, 3.05) is 20.2 Å². The van der Waals surface area contributed by atoms with Gasteiger partial charge in [0.1, 0.15) is 11.4 Å². The average molecular weight is 374 g/mol. The smallest absolute Gasteiger partial charge is 0.118 e. The molecule has 0 amide bonds. The van der Waals surface area contributed by atoms with Crippen LogP contribution in [0.25, 0.3) is 0 Å². The first-order chi connectivity index (χ1) is 13.0. The summed E-state index contributed by atoms with van der Waals surface area (Å²) in [7, 11) is 1.69. The Bertz CT molecular complexity index is 629. The van der Waals surface area contributed by atoms with Crippen molar-refractivity contribution in [2.24, 2.45) is 5.92 Å². The second-order valence-corrected chi connectivity index (χ2v) is 9.11. The van der Waals surface area contributed by atoms with Gasteiger partial charge in [-0.3, -0.25) is 4.90 Å². The lowest BCUT2D eigenvalue weighted by Gasteiger charge is -2.59. The van der Waals surface area contributed by atoms with E-state index in [0.29, 0.717) is 0 Å². The molecule has 4 heteroatoms. The molecule has 1 heterocycles. The van der Waals surface area contributed by atoms with Crippen molar-refractivity contribution >= 4 is 0 Å². The maximum atomic E-state index is 11.7. The van der Waals surface area contributed by atoms with Gasteiger partial charge in [-0.2, -0.15) is 0 Å². The number of likely N-dealkylation sites (tertiary alicyclic amines) is 1. The van der Waals surface area contributed by atoms with Crippen LogP contribution in [0.1, 0.15) is 63.4 Å². The molecule has 0 spiro atoms. The third-order valence-corrected chi connectivity index (χ3v) is 7.59. The Morgan fingerprint density at radius 1 is 1.04 bits per heavy atom. The van der Waals surface area contributed by atoms with Crippen molar-refractivity contribution in [3.8, 4) is 5.75 Å². The summed E-state index contributed by atoms with van der Waals surface area (Å²) in [6.45, 7) is 2.01. The number of rotatable bonds is 6. The van der Waals surface area contributed by atoms with Gasteiger partial charge in [-0.25, -0.2) is 0 Å². The number of benzene rings is 1. The fourth-order valence-corrected chi connectivity index (χ4v) is 5.61. The van der Waals surface area contributed by atoms with Crippen LogP contribution in [-0.4, -0.2) is 52.6 Å². The number of fused-ring (bicyclic) bond motifs is 1. The van der Waals surface area contributed by atoms with Gasteiger partial charge in [0, 0.05) is 19.1 Å². The average Bonchev–Trinajstić information content (AvgIpc) is 2.64. The lowest BCUT2D eigenvalue weighted by Crippen LogP contribution is -2.71. The summed E-state index contributed by atoms with van der Waals surface area (Å²) >= 11 is 0. The van der Waals surface area contributed by atoms with E-state index in [1.165, 1.54) is 24.8 Å². The van der Waals surface area contributed by atoms with Gasteiger partial charge < -0.3 is 14.9 Å². The third kappa shape index (κ3) is 3.64. The molecule has 1 saturated heterocycles. The van der Waals surface area contributed by atoms with Crippen LogP contribution < -0.4 is 4.74 Å². The van der Waals surface area contributed by atoms with E-state index < -0.39 is 11.2 Å². The second kappa shape index (κ2) is 7.73. The summed E-state index contributed by atoms with van der Waals surface area (Å²) in [6.07, 6.45) is 10.1. The number of hydrogen-bond acceptors (Lipinski definition) is 4. The number of hydrogen-bond donors (Lipinski definition) is 2. The molecular weight excluding hydrogens is 338 g/mol. The van der Waals surface area contributed by atoms with Crippen LogP contribution in [0.3, 0.4) is 0 Å². The maximum Gasteiger partial charge on any atom is 0.118 e. The molecule has 0 aromatic heterocycles. The summed E-state index contributed by atoms with van der Waals surface area (Å²) in [4.78, 5) is 2.52. The van der Waals surface area contributed by atoms with Gasteiger partial charge in [-0.15, -0.1) is 0 Å². The maximum absolute atomic E-state index is 11.7. The molecule has 4 nitrogen and oxygen atoms in total. The summed E-state index contributed by atoms with van der Waals surface area (Å²) in [6, 6.07) is 8.31. The predicted molar refractivity (Wildman–Crippen MR) is 107 cm³/mol. The van der Waals surface area contributed by atoms with E-state index in [1.54, 1.807) is 7.11 Å². The van der Waals surface area contributed by atoms with E-state index in [9.17, 15) is 10.2 Å². The second-order valence-electron chi connectivity index (χ2n) is 9.11. The van der Waals surface area contributed by atoms with Crippen LogP contribution in [-0.2, 0) is 6.42 Å². The molecule has 3 aliphatic rings.